The van der Waals surface area contributed by atoms with Gasteiger partial charge in [-0.05, 0) is 35.7 Å². The van der Waals surface area contributed by atoms with Gasteiger partial charge in [-0.15, -0.1) is 0 Å². The second kappa shape index (κ2) is 7.47. The monoisotopic (exact) mass is 341 g/mol. The van der Waals surface area contributed by atoms with E-state index in [-0.39, 0.29) is 29.0 Å². The summed E-state index contributed by atoms with van der Waals surface area (Å²) in [6.07, 6.45) is 0.343. The molecule has 0 unspecified atom stereocenters. The zero-order valence-corrected chi connectivity index (χ0v) is 13.4. The van der Waals surface area contributed by atoms with E-state index in [1.54, 1.807) is 24.3 Å². The van der Waals surface area contributed by atoms with Crippen LogP contribution in [0.5, 0.6) is 0 Å². The first-order valence-electron chi connectivity index (χ1n) is 6.74. The Hall–Kier alpha value is -1.79. The van der Waals surface area contributed by atoms with Gasteiger partial charge in [-0.1, -0.05) is 30.3 Å². The van der Waals surface area contributed by atoms with Crippen LogP contribution in [0.4, 0.5) is 0 Å². The number of halogens is 1. The lowest BCUT2D eigenvalue weighted by Gasteiger charge is -2.05. The van der Waals surface area contributed by atoms with Crippen LogP contribution in [0, 0.1) is 0 Å². The average Bonchev–Trinajstić information content (AvgIpc) is 2.91. The van der Waals surface area contributed by atoms with Gasteiger partial charge in [-0.3, -0.25) is 4.79 Å². The van der Waals surface area contributed by atoms with Crippen LogP contribution in [0.2, 0.25) is 5.22 Å². The number of nitrogens with one attached hydrogen (secondary N) is 1. The molecular formula is C15H16ClNO4S. The van der Waals surface area contributed by atoms with Gasteiger partial charge >= 0.3 is 0 Å². The van der Waals surface area contributed by atoms with Crippen LogP contribution < -0.4 is 5.32 Å². The van der Waals surface area contributed by atoms with Gasteiger partial charge in [0, 0.05) is 6.54 Å². The zero-order valence-electron chi connectivity index (χ0n) is 11.8. The average molecular weight is 342 g/mol. The predicted octanol–water partition coefficient (Wildman–Crippen LogP) is 2.67. The van der Waals surface area contributed by atoms with Gasteiger partial charge in [-0.2, -0.15) is 0 Å². The van der Waals surface area contributed by atoms with Gasteiger partial charge in [0.25, 0.3) is 5.91 Å². The predicted molar refractivity (Wildman–Crippen MR) is 84.6 cm³/mol. The molecule has 1 heterocycles. The Morgan fingerprint density at radius 3 is 2.50 bits per heavy atom. The van der Waals surface area contributed by atoms with Crippen molar-refractivity contribution in [2.75, 3.05) is 12.3 Å². The van der Waals surface area contributed by atoms with Crippen molar-refractivity contribution in [2.45, 2.75) is 12.2 Å². The first kappa shape index (κ1) is 16.6. The van der Waals surface area contributed by atoms with Crippen molar-refractivity contribution < 1.29 is 17.6 Å². The number of hydrogen-bond acceptors (Lipinski definition) is 4. The number of carbonyl (C=O) groups is 1. The molecule has 118 valence electrons. The third kappa shape index (κ3) is 5.20. The number of rotatable bonds is 7. The van der Waals surface area contributed by atoms with E-state index < -0.39 is 15.7 Å². The summed E-state index contributed by atoms with van der Waals surface area (Å²) in [5.41, 5.74) is 0.761. The molecule has 2 rings (SSSR count). The van der Waals surface area contributed by atoms with Gasteiger partial charge < -0.3 is 9.73 Å². The lowest BCUT2D eigenvalue weighted by atomic mass is 10.2. The minimum atomic E-state index is -3.19. The van der Waals surface area contributed by atoms with Crippen LogP contribution in [0.1, 0.15) is 22.5 Å². The van der Waals surface area contributed by atoms with Gasteiger partial charge in [0.05, 0.1) is 11.5 Å². The molecule has 0 atom stereocenters. The Balaban J connectivity index is 1.75. The van der Waals surface area contributed by atoms with Crippen LogP contribution in [-0.2, 0) is 15.6 Å². The molecule has 0 aliphatic heterocycles. The van der Waals surface area contributed by atoms with Crippen molar-refractivity contribution >= 4 is 27.3 Å². The second-order valence-corrected chi connectivity index (χ2v) is 7.35. The molecule has 0 bridgehead atoms. The molecule has 22 heavy (non-hydrogen) atoms. The molecule has 7 heteroatoms. The summed E-state index contributed by atoms with van der Waals surface area (Å²) in [6, 6.07) is 11.9. The number of sulfone groups is 1. The number of hydrogen-bond donors (Lipinski definition) is 1. The lowest BCUT2D eigenvalue weighted by molar-refractivity contribution is 0.0926. The molecular weight excluding hydrogens is 326 g/mol. The summed E-state index contributed by atoms with van der Waals surface area (Å²) >= 11 is 5.58. The summed E-state index contributed by atoms with van der Waals surface area (Å²) < 4.78 is 28.9. The Kier molecular flexibility index (Phi) is 5.63. The van der Waals surface area contributed by atoms with Crippen LogP contribution in [0.3, 0.4) is 0 Å². The largest absolute Gasteiger partial charge is 0.440 e. The summed E-state index contributed by atoms with van der Waals surface area (Å²) in [6.45, 7) is 0.255. The van der Waals surface area contributed by atoms with Crippen molar-refractivity contribution in [1.82, 2.24) is 5.32 Å². The van der Waals surface area contributed by atoms with Gasteiger partial charge in [-0.25, -0.2) is 8.42 Å². The Morgan fingerprint density at radius 2 is 1.86 bits per heavy atom. The van der Waals surface area contributed by atoms with Crippen LogP contribution in [0.25, 0.3) is 0 Å². The fourth-order valence-electron chi connectivity index (χ4n) is 1.92. The highest BCUT2D eigenvalue weighted by atomic mass is 35.5. The van der Waals surface area contributed by atoms with Gasteiger partial charge in [0.2, 0.25) is 0 Å². The topological polar surface area (TPSA) is 76.4 Å². The SMILES string of the molecule is O=C(NCCCS(=O)(=O)Cc1ccccc1)c1ccc(Cl)o1. The van der Waals surface area contributed by atoms with Crippen molar-refractivity contribution in [3.63, 3.8) is 0 Å². The number of furan rings is 1. The summed E-state index contributed by atoms with van der Waals surface area (Å²) in [4.78, 5) is 11.7. The molecule has 0 fully saturated rings. The Labute approximate surface area is 134 Å². The molecule has 0 aliphatic rings. The molecule has 0 spiro atoms. The number of carbonyl (C=O) groups excluding carboxylic acids is 1. The molecule has 1 N–H and O–H groups in total. The standard InChI is InChI=1S/C15H16ClNO4S/c16-14-8-7-13(21-14)15(18)17-9-4-10-22(19,20)11-12-5-2-1-3-6-12/h1-3,5-8H,4,9-11H2,(H,17,18). The van der Waals surface area contributed by atoms with E-state index in [2.05, 4.69) is 5.32 Å². The Morgan fingerprint density at radius 1 is 1.14 bits per heavy atom. The normalized spacial score (nSPS) is 11.3. The van der Waals surface area contributed by atoms with E-state index in [0.717, 1.165) is 5.56 Å². The second-order valence-electron chi connectivity index (χ2n) is 4.79. The van der Waals surface area contributed by atoms with E-state index in [1.165, 1.54) is 12.1 Å². The van der Waals surface area contributed by atoms with E-state index in [0.29, 0.717) is 6.42 Å². The minimum absolute atomic E-state index is 0.00950. The Bertz CT molecular complexity index is 725. The molecule has 0 radical (unpaired) electrons. The molecule has 2 aromatic rings. The first-order chi connectivity index (χ1) is 10.5. The van der Waals surface area contributed by atoms with Crippen LogP contribution in [-0.4, -0.2) is 26.6 Å². The van der Waals surface area contributed by atoms with Crippen molar-refractivity contribution in [2.24, 2.45) is 0 Å². The summed E-state index contributed by atoms with van der Waals surface area (Å²) in [5.74, 6) is -0.277. The third-order valence-electron chi connectivity index (χ3n) is 2.94. The van der Waals surface area contributed by atoms with Crippen molar-refractivity contribution in [3.8, 4) is 0 Å². The fourth-order valence-corrected chi connectivity index (χ4v) is 3.49. The zero-order chi connectivity index (χ0) is 16.0. The molecule has 0 saturated heterocycles. The molecule has 5 nitrogen and oxygen atoms in total. The van der Waals surface area contributed by atoms with Gasteiger partial charge in [0.15, 0.2) is 20.8 Å². The maximum Gasteiger partial charge on any atom is 0.287 e. The molecule has 1 amide bonds. The highest BCUT2D eigenvalue weighted by Crippen LogP contribution is 2.12. The lowest BCUT2D eigenvalue weighted by Crippen LogP contribution is -2.25. The molecule has 0 aliphatic carbocycles. The maximum atomic E-state index is 12.0. The molecule has 0 saturated carbocycles. The summed E-state index contributed by atoms with van der Waals surface area (Å²) in [7, 11) is -3.19. The number of amides is 1. The highest BCUT2D eigenvalue weighted by Gasteiger charge is 2.13. The van der Waals surface area contributed by atoms with E-state index in [9.17, 15) is 13.2 Å². The molecule has 1 aromatic heterocycles. The van der Waals surface area contributed by atoms with E-state index in [1.807, 2.05) is 6.07 Å². The minimum Gasteiger partial charge on any atom is -0.440 e. The highest BCUT2D eigenvalue weighted by molar-refractivity contribution is 7.90. The first-order valence-corrected chi connectivity index (χ1v) is 8.94. The quantitative estimate of drug-likeness (QED) is 0.785. The molecule has 1 aromatic carbocycles. The van der Waals surface area contributed by atoms with Crippen molar-refractivity contribution in [1.29, 1.82) is 0 Å². The fraction of sp³-hybridized carbons (Fsp3) is 0.267. The van der Waals surface area contributed by atoms with Crippen molar-refractivity contribution in [3.05, 3.63) is 59.0 Å². The van der Waals surface area contributed by atoms with E-state index >= 15 is 0 Å². The van der Waals surface area contributed by atoms with Crippen LogP contribution >= 0.6 is 11.6 Å². The van der Waals surface area contributed by atoms with Gasteiger partial charge in [0.1, 0.15) is 0 Å². The number of benzene rings is 1. The third-order valence-corrected chi connectivity index (χ3v) is 4.83. The smallest absolute Gasteiger partial charge is 0.287 e. The van der Waals surface area contributed by atoms with Crippen LogP contribution in [0.15, 0.2) is 46.9 Å². The van der Waals surface area contributed by atoms with E-state index in [4.69, 9.17) is 16.0 Å². The summed E-state index contributed by atoms with van der Waals surface area (Å²) in [5, 5.41) is 2.73. The maximum absolute atomic E-state index is 12.0.